The molecular weight excluding hydrogens is 821 g/mol. The molecule has 0 aliphatic carbocycles. The van der Waals surface area contributed by atoms with E-state index in [2.05, 4.69) is 39.6 Å². The number of nitrogens with zero attached hydrogens (tertiary/aromatic N) is 5. The van der Waals surface area contributed by atoms with Crippen LogP contribution in [0.1, 0.15) is 74.4 Å². The van der Waals surface area contributed by atoms with E-state index < -0.39 is 10.0 Å². The van der Waals surface area contributed by atoms with Crippen molar-refractivity contribution < 1.29 is 17.9 Å². The summed E-state index contributed by atoms with van der Waals surface area (Å²) < 4.78 is 37.6. The van der Waals surface area contributed by atoms with Gasteiger partial charge in [0.2, 0.25) is 10.0 Å². The highest BCUT2D eigenvalue weighted by Gasteiger charge is 2.28. The Hall–Kier alpha value is -6.41. The van der Waals surface area contributed by atoms with Crippen molar-refractivity contribution in [2.24, 2.45) is 0 Å². The van der Waals surface area contributed by atoms with Crippen LogP contribution in [0.25, 0.3) is 45.1 Å². The molecule has 0 spiro atoms. The van der Waals surface area contributed by atoms with Gasteiger partial charge in [-0.3, -0.25) is 0 Å². The lowest BCUT2D eigenvalue weighted by molar-refractivity contribution is 0.306. The number of pyridine rings is 2. The van der Waals surface area contributed by atoms with Crippen LogP contribution in [0.5, 0.6) is 11.5 Å². The largest absolute Gasteiger partial charge is 0.489 e. The average molecular weight is 877 g/mol. The second-order valence-electron chi connectivity index (χ2n) is 16.1. The first-order chi connectivity index (χ1) is 30.9. The van der Waals surface area contributed by atoms with Gasteiger partial charge in [0, 0.05) is 47.4 Å². The standard InChI is InChI=1S/C26H28N4O3S.C24H24N4O.CH4/c1-2-34(31,32)30-16-14-20(15-17-30)23-12-13-24-26(27-23)29-25(28-24)21-8-10-22(11-9-21)33-18-19-6-4-3-5-7-19;1-2-4-17(5-3-1)16-29-20-8-6-19(7-9-20)23-27-22-11-10-21(26-24(22)28-23)18-12-14-25-15-13-18;/h3-13,20H,2,14-18H2,1H3,(H,27,28,29);1-11,18,25H,12-16H2,(H,26,27,28);1H4. The summed E-state index contributed by atoms with van der Waals surface area (Å²) >= 11 is 0. The molecule has 3 N–H and O–H groups in total. The fourth-order valence-corrected chi connectivity index (χ4v) is 9.30. The third-order valence-electron chi connectivity index (χ3n) is 11.9. The van der Waals surface area contributed by atoms with Crippen molar-refractivity contribution in [2.75, 3.05) is 31.9 Å². The summed E-state index contributed by atoms with van der Waals surface area (Å²) in [5, 5.41) is 3.41. The molecule has 13 heteroatoms. The number of imidazole rings is 2. The Morgan fingerprint density at radius 3 is 1.44 bits per heavy atom. The molecule has 8 aromatic rings. The van der Waals surface area contributed by atoms with Crippen molar-refractivity contribution in [2.45, 2.75) is 65.1 Å². The zero-order valence-electron chi connectivity index (χ0n) is 35.4. The minimum absolute atomic E-state index is 0. The average Bonchev–Trinajstić information content (AvgIpc) is 3.99. The SMILES string of the molecule is C.CCS(=O)(=O)N1CCC(c2ccc3[nH]c(-c4ccc(OCc5ccccc5)cc4)nc3n2)CC1.c1ccc(COc2ccc(-c3nc4nc(C5CCNCC5)ccc4[nH]3)cc2)cc1. The maximum absolute atomic E-state index is 12.1. The quantitative estimate of drug-likeness (QED) is 0.109. The van der Waals surface area contributed by atoms with Gasteiger partial charge in [-0.15, -0.1) is 0 Å². The van der Waals surface area contributed by atoms with E-state index >= 15 is 0 Å². The topological polar surface area (TPSA) is 151 Å². The number of nitrogens with one attached hydrogen (secondary N) is 3. The number of hydrogen-bond donors (Lipinski definition) is 3. The molecule has 64 heavy (non-hydrogen) atoms. The maximum Gasteiger partial charge on any atom is 0.213 e. The van der Waals surface area contributed by atoms with Gasteiger partial charge in [-0.25, -0.2) is 32.7 Å². The van der Waals surface area contributed by atoms with E-state index in [1.165, 1.54) is 0 Å². The smallest absolute Gasteiger partial charge is 0.213 e. The molecule has 12 nitrogen and oxygen atoms in total. The van der Waals surface area contributed by atoms with E-state index in [0.717, 1.165) is 112 Å². The van der Waals surface area contributed by atoms with Crippen LogP contribution in [0.3, 0.4) is 0 Å². The van der Waals surface area contributed by atoms with Gasteiger partial charge in [-0.1, -0.05) is 68.1 Å². The van der Waals surface area contributed by atoms with Gasteiger partial charge in [-0.2, -0.15) is 0 Å². The van der Waals surface area contributed by atoms with E-state index in [-0.39, 0.29) is 19.1 Å². The van der Waals surface area contributed by atoms with Gasteiger partial charge in [0.15, 0.2) is 11.3 Å². The van der Waals surface area contributed by atoms with Crippen LogP contribution < -0.4 is 14.8 Å². The summed E-state index contributed by atoms with van der Waals surface area (Å²) in [5.74, 6) is 4.18. The highest BCUT2D eigenvalue weighted by molar-refractivity contribution is 7.89. The van der Waals surface area contributed by atoms with Crippen LogP contribution in [0, 0.1) is 0 Å². The number of sulfonamides is 1. The van der Waals surface area contributed by atoms with E-state index in [1.807, 2.05) is 109 Å². The summed E-state index contributed by atoms with van der Waals surface area (Å²) in [6.45, 7) is 6.01. The van der Waals surface area contributed by atoms with Gasteiger partial charge in [0.25, 0.3) is 0 Å². The molecule has 0 bridgehead atoms. The van der Waals surface area contributed by atoms with E-state index in [1.54, 1.807) is 11.2 Å². The van der Waals surface area contributed by atoms with Crippen molar-refractivity contribution >= 4 is 32.4 Å². The number of ether oxygens (including phenoxy) is 2. The lowest BCUT2D eigenvalue weighted by Crippen LogP contribution is -2.38. The number of rotatable bonds is 12. The molecule has 2 aliphatic heterocycles. The summed E-state index contributed by atoms with van der Waals surface area (Å²) in [6, 6.07) is 44.5. The molecule has 10 rings (SSSR count). The molecule has 6 heterocycles. The van der Waals surface area contributed by atoms with Gasteiger partial charge in [-0.05, 0) is 130 Å². The Labute approximate surface area is 375 Å². The van der Waals surface area contributed by atoms with Gasteiger partial charge >= 0.3 is 0 Å². The lowest BCUT2D eigenvalue weighted by atomic mass is 9.94. The number of aromatic amines is 2. The van der Waals surface area contributed by atoms with Crippen LogP contribution in [0.4, 0.5) is 0 Å². The van der Waals surface area contributed by atoms with Crippen LogP contribution in [0.2, 0.25) is 0 Å². The number of piperidine rings is 2. The highest BCUT2D eigenvalue weighted by atomic mass is 32.2. The van der Waals surface area contributed by atoms with Gasteiger partial charge in [0.05, 0.1) is 16.8 Å². The summed E-state index contributed by atoms with van der Waals surface area (Å²) in [4.78, 5) is 25.8. The Morgan fingerprint density at radius 1 is 0.562 bits per heavy atom. The van der Waals surface area contributed by atoms with Crippen LogP contribution in [-0.4, -0.2) is 74.6 Å². The summed E-state index contributed by atoms with van der Waals surface area (Å²) in [7, 11) is -3.12. The van der Waals surface area contributed by atoms with E-state index in [9.17, 15) is 8.42 Å². The van der Waals surface area contributed by atoms with Gasteiger partial charge < -0.3 is 24.8 Å². The molecular formula is C51H56N8O4S. The van der Waals surface area contributed by atoms with Crippen molar-refractivity contribution in [1.82, 2.24) is 39.5 Å². The fraction of sp³-hybridized carbons (Fsp3) is 0.294. The third kappa shape index (κ3) is 10.7. The number of H-pyrrole nitrogens is 2. The highest BCUT2D eigenvalue weighted by Crippen LogP contribution is 2.31. The molecule has 0 saturated carbocycles. The van der Waals surface area contributed by atoms with E-state index in [4.69, 9.17) is 29.4 Å². The molecule has 0 radical (unpaired) electrons. The second kappa shape index (κ2) is 20.4. The Morgan fingerprint density at radius 2 is 1.00 bits per heavy atom. The molecule has 2 fully saturated rings. The van der Waals surface area contributed by atoms with Gasteiger partial charge in [0.1, 0.15) is 36.4 Å². The van der Waals surface area contributed by atoms with Crippen LogP contribution in [0.15, 0.2) is 133 Å². The monoisotopic (exact) mass is 876 g/mol. The molecule has 0 amide bonds. The Bertz CT molecular complexity index is 2840. The lowest BCUT2D eigenvalue weighted by Gasteiger charge is -2.30. The number of hydrogen-bond acceptors (Lipinski definition) is 9. The minimum atomic E-state index is -3.12. The Kier molecular flexibility index (Phi) is 14.1. The predicted molar refractivity (Wildman–Crippen MR) is 255 cm³/mol. The van der Waals surface area contributed by atoms with Crippen LogP contribution in [-0.2, 0) is 23.2 Å². The minimum Gasteiger partial charge on any atom is -0.489 e. The first-order valence-corrected chi connectivity index (χ1v) is 23.4. The normalized spacial score (nSPS) is 15.0. The zero-order valence-corrected chi connectivity index (χ0v) is 36.2. The first kappa shape index (κ1) is 44.2. The van der Waals surface area contributed by atoms with E-state index in [0.29, 0.717) is 37.9 Å². The molecule has 330 valence electrons. The van der Waals surface area contributed by atoms with Crippen molar-refractivity contribution in [1.29, 1.82) is 0 Å². The fourth-order valence-electron chi connectivity index (χ4n) is 8.17. The summed E-state index contributed by atoms with van der Waals surface area (Å²) in [6.07, 6.45) is 3.83. The zero-order chi connectivity index (χ0) is 43.0. The number of benzene rings is 4. The van der Waals surface area contributed by atoms with Crippen LogP contribution >= 0.6 is 0 Å². The molecule has 2 saturated heterocycles. The second-order valence-corrected chi connectivity index (χ2v) is 18.3. The number of aromatic nitrogens is 6. The molecule has 0 unspecified atom stereocenters. The maximum atomic E-state index is 12.1. The van der Waals surface area contributed by atoms with Crippen molar-refractivity contribution in [3.05, 3.63) is 156 Å². The van der Waals surface area contributed by atoms with Crippen molar-refractivity contribution in [3.8, 4) is 34.3 Å². The molecule has 2 aliphatic rings. The van der Waals surface area contributed by atoms with Crippen molar-refractivity contribution in [3.63, 3.8) is 0 Å². The molecule has 0 atom stereocenters. The molecule has 4 aromatic heterocycles. The predicted octanol–water partition coefficient (Wildman–Crippen LogP) is 10.0. The Balaban J connectivity index is 0.000000174. The third-order valence-corrected chi connectivity index (χ3v) is 13.8. The molecule has 4 aromatic carbocycles. The summed E-state index contributed by atoms with van der Waals surface area (Å²) in [5.41, 5.74) is 9.73. The number of fused-ring (bicyclic) bond motifs is 2. The first-order valence-electron chi connectivity index (χ1n) is 21.8.